The number of amides is 9. The Labute approximate surface area is 464 Å². The van der Waals surface area contributed by atoms with E-state index in [9.17, 15) is 43.2 Å². The van der Waals surface area contributed by atoms with Crippen LogP contribution < -0.4 is 59.3 Å². The molecule has 3 aromatic heterocycles. The molecule has 0 spiro atoms. The maximum absolute atomic E-state index is 14.3. The van der Waals surface area contributed by atoms with Crippen LogP contribution >= 0.6 is 0 Å². The van der Waals surface area contributed by atoms with Crippen LogP contribution in [0, 0.1) is 17.8 Å². The molecule has 1 aliphatic heterocycles. The lowest BCUT2D eigenvalue weighted by Gasteiger charge is -2.28. The van der Waals surface area contributed by atoms with Gasteiger partial charge in [0.15, 0.2) is 0 Å². The number of para-hydroxylation sites is 2. The number of fused-ring (bicyclic) bond motifs is 4. The maximum atomic E-state index is 14.3. The summed E-state index contributed by atoms with van der Waals surface area (Å²) in [6.07, 6.45) is 5.59. The van der Waals surface area contributed by atoms with E-state index >= 15 is 0 Å². The first-order valence-corrected chi connectivity index (χ1v) is 27.3. The number of imidazole rings is 1. The van der Waals surface area contributed by atoms with Gasteiger partial charge < -0.3 is 69.0 Å². The monoisotopic (exact) mass is 1110 g/mol. The van der Waals surface area contributed by atoms with E-state index in [-0.39, 0.29) is 44.1 Å². The number of nitrogens with one attached hydrogen (secondary N) is 12. The summed E-state index contributed by atoms with van der Waals surface area (Å²) < 4.78 is 0. The molecule has 0 saturated carbocycles. The van der Waals surface area contributed by atoms with Gasteiger partial charge in [-0.05, 0) is 73.6 Å². The van der Waals surface area contributed by atoms with Crippen LogP contribution in [-0.2, 0) is 69.0 Å². The van der Waals surface area contributed by atoms with E-state index in [4.69, 9.17) is 11.5 Å². The third-order valence-corrected chi connectivity index (χ3v) is 14.0. The molecule has 24 nitrogen and oxygen atoms in total. The third kappa shape index (κ3) is 17.4. The zero-order valence-electron chi connectivity index (χ0n) is 46.5. The van der Waals surface area contributed by atoms with Gasteiger partial charge in [-0.2, -0.15) is 0 Å². The fourth-order valence-electron chi connectivity index (χ4n) is 9.82. The number of benzene rings is 2. The first-order chi connectivity index (χ1) is 38.1. The van der Waals surface area contributed by atoms with E-state index in [2.05, 4.69) is 67.8 Å². The van der Waals surface area contributed by atoms with E-state index in [1.165, 1.54) is 19.4 Å². The molecule has 5 aromatic rings. The summed E-state index contributed by atoms with van der Waals surface area (Å²) in [4.78, 5) is 135. The molecule has 432 valence electrons. The van der Waals surface area contributed by atoms with Crippen LogP contribution in [-0.4, -0.2) is 135 Å². The smallest absolute Gasteiger partial charge is 0.243 e. The highest BCUT2D eigenvalue weighted by atomic mass is 16.2. The molecule has 0 radical (unpaired) electrons. The maximum Gasteiger partial charge on any atom is 0.243 e. The first-order valence-electron chi connectivity index (χ1n) is 27.3. The van der Waals surface area contributed by atoms with Crippen molar-refractivity contribution in [1.82, 2.24) is 67.8 Å². The minimum absolute atomic E-state index is 0.0313. The van der Waals surface area contributed by atoms with Crippen molar-refractivity contribution in [3.05, 3.63) is 89.8 Å². The molecular formula is C56H79N15O9. The van der Waals surface area contributed by atoms with Gasteiger partial charge in [0.05, 0.1) is 25.0 Å². The van der Waals surface area contributed by atoms with Gasteiger partial charge in [0.25, 0.3) is 0 Å². The number of aromatic nitrogens is 4. The van der Waals surface area contributed by atoms with Crippen LogP contribution in [0.3, 0.4) is 0 Å². The Morgan fingerprint density at radius 3 is 2.00 bits per heavy atom. The van der Waals surface area contributed by atoms with E-state index in [0.29, 0.717) is 37.1 Å². The summed E-state index contributed by atoms with van der Waals surface area (Å²) >= 11 is 0. The van der Waals surface area contributed by atoms with Crippen LogP contribution in [0.4, 0.5) is 0 Å². The predicted octanol–water partition coefficient (Wildman–Crippen LogP) is 0.374. The van der Waals surface area contributed by atoms with Gasteiger partial charge in [0.2, 0.25) is 53.2 Å². The molecule has 2 aromatic carbocycles. The highest BCUT2D eigenvalue weighted by molar-refractivity contribution is 5.98. The molecule has 1 aliphatic rings. The van der Waals surface area contributed by atoms with Gasteiger partial charge >= 0.3 is 0 Å². The van der Waals surface area contributed by atoms with Crippen molar-refractivity contribution >= 4 is 75.0 Å². The van der Waals surface area contributed by atoms with Crippen LogP contribution in [0.2, 0.25) is 0 Å². The van der Waals surface area contributed by atoms with E-state index < -0.39 is 114 Å². The lowest BCUT2D eigenvalue weighted by atomic mass is 9.97. The molecule has 0 saturated heterocycles. The number of rotatable bonds is 30. The van der Waals surface area contributed by atoms with Gasteiger partial charge in [-0.3, -0.25) is 48.5 Å². The zero-order valence-corrected chi connectivity index (χ0v) is 46.5. The number of nitrogens with zero attached hydrogens (tertiary/aromatic N) is 1. The number of carbonyl (C=O) groups is 9. The van der Waals surface area contributed by atoms with Gasteiger partial charge in [0, 0.05) is 84.0 Å². The summed E-state index contributed by atoms with van der Waals surface area (Å²) in [5.74, 6) is -6.09. The van der Waals surface area contributed by atoms with Crippen molar-refractivity contribution in [2.75, 3.05) is 13.1 Å². The second kappa shape index (κ2) is 28.7. The molecule has 4 heterocycles. The molecule has 9 amide bonds. The minimum atomic E-state index is -1.32. The Bertz CT molecular complexity index is 2970. The molecule has 0 unspecified atom stereocenters. The lowest BCUT2D eigenvalue weighted by molar-refractivity contribution is -0.135. The largest absolute Gasteiger partial charge is 0.370 e. The molecule has 0 bridgehead atoms. The predicted molar refractivity (Wildman–Crippen MR) is 300 cm³/mol. The van der Waals surface area contributed by atoms with E-state index in [1.54, 1.807) is 20.0 Å². The molecule has 24 heteroatoms. The number of hydrogen-bond acceptors (Lipinski definition) is 12. The van der Waals surface area contributed by atoms with Gasteiger partial charge in [-0.1, -0.05) is 77.9 Å². The number of H-pyrrole nitrogens is 3. The SMILES string of the molecule is CC(C)C[C@H](CN[C@@H](CC(C)C)C(N)=O)NC(=O)[C@H](Cc1cnc[nH]1)NC(=O)CNC(=O)[C@@H](NC(=O)[C@@H](C)NC(=O)[C@H](Cc1c[nH]c2ccccc12)NC(=O)[C@H](CCC(N)=O)NC(=O)[C@H]1Cc2c([nH]c3ccccc23)CN1)C(C)C. The van der Waals surface area contributed by atoms with Gasteiger partial charge in [-0.15, -0.1) is 0 Å². The second-order valence-corrected chi connectivity index (χ2v) is 21.9. The Morgan fingerprint density at radius 1 is 0.675 bits per heavy atom. The van der Waals surface area contributed by atoms with Gasteiger partial charge in [-0.25, -0.2) is 4.98 Å². The van der Waals surface area contributed by atoms with Crippen LogP contribution in [0.5, 0.6) is 0 Å². The fraction of sp³-hybridized carbons (Fsp3) is 0.500. The van der Waals surface area contributed by atoms with Crippen molar-refractivity contribution in [3.63, 3.8) is 0 Å². The number of carbonyl (C=O) groups excluding carboxylic acids is 9. The molecular weight excluding hydrogens is 1030 g/mol. The molecule has 16 N–H and O–H groups in total. The average Bonchev–Trinajstić information content (AvgIpc) is 4.26. The third-order valence-electron chi connectivity index (χ3n) is 14.0. The lowest BCUT2D eigenvalue weighted by Crippen LogP contribution is -2.60. The quantitative estimate of drug-likeness (QED) is 0.0297. The summed E-state index contributed by atoms with van der Waals surface area (Å²) in [6.45, 7) is 12.7. The number of primary amides is 2. The van der Waals surface area contributed by atoms with Crippen LogP contribution in [0.15, 0.2) is 67.3 Å². The molecule has 0 fully saturated rings. The molecule has 8 atom stereocenters. The highest BCUT2D eigenvalue weighted by Gasteiger charge is 2.35. The second-order valence-electron chi connectivity index (χ2n) is 21.9. The Kier molecular flexibility index (Phi) is 21.9. The Morgan fingerprint density at radius 2 is 1.34 bits per heavy atom. The molecule has 6 rings (SSSR count). The zero-order chi connectivity index (χ0) is 58.2. The minimum Gasteiger partial charge on any atom is -0.370 e. The summed E-state index contributed by atoms with van der Waals surface area (Å²) in [7, 11) is 0. The topological polar surface area (TPSA) is 374 Å². The summed E-state index contributed by atoms with van der Waals surface area (Å²) in [5, 5.41) is 27.3. The normalized spacial score (nSPS) is 15.9. The Balaban J connectivity index is 1.09. The van der Waals surface area contributed by atoms with Crippen molar-refractivity contribution in [2.24, 2.45) is 29.2 Å². The average molecular weight is 1110 g/mol. The highest BCUT2D eigenvalue weighted by Crippen LogP contribution is 2.27. The van der Waals surface area contributed by atoms with Gasteiger partial charge in [0.1, 0.15) is 30.2 Å². The number of aromatic amines is 3. The standard InChI is InChI=1S/C56H79N15O9/c1-29(2)18-35(25-61-42(50(58)74)19-30(3)4)66-55(79)45(21-34-24-59-28-64-34)68-48(73)27-63-56(80)49(31(5)6)71-51(75)32(7)65-54(78)44(20-33-23-60-39-14-10-8-12-36(33)39)70-52(76)41(16-17-47(57)72)69-53(77)43-22-38-37-13-9-11-15-40(37)67-46(38)26-62-43/h8-15,23-24,28-32,35,41-45,49,60-62,67H,16-22,25-27H2,1-7H3,(H2,57,72)(H2,58,74)(H,59,64)(H,63,80)(H,65,78)(H,66,79)(H,68,73)(H,69,77)(H,70,76)(H,71,75)/t32-,35-,41+,42+,43-,44+,45+,49+/m1/s1. The number of hydrogen-bond donors (Lipinski definition) is 14. The van der Waals surface area contributed by atoms with Crippen LogP contribution in [0.1, 0.15) is 96.7 Å². The van der Waals surface area contributed by atoms with Crippen molar-refractivity contribution < 1.29 is 43.2 Å². The number of nitrogens with two attached hydrogens (primary N) is 2. The molecule has 0 aliphatic carbocycles. The van der Waals surface area contributed by atoms with Crippen LogP contribution in [0.25, 0.3) is 21.8 Å². The van der Waals surface area contributed by atoms with E-state index in [0.717, 1.165) is 33.1 Å². The summed E-state index contributed by atoms with van der Waals surface area (Å²) in [5.41, 5.74) is 16.0. The summed E-state index contributed by atoms with van der Waals surface area (Å²) in [6, 6.07) is 7.15. The fourth-order valence-corrected chi connectivity index (χ4v) is 9.82. The van der Waals surface area contributed by atoms with Crippen molar-refractivity contribution in [3.8, 4) is 0 Å². The first kappa shape index (κ1) is 61.1. The Hall–Kier alpha value is -8.12. The molecule has 80 heavy (non-hydrogen) atoms. The van der Waals surface area contributed by atoms with E-state index in [1.807, 2.05) is 76.2 Å². The van der Waals surface area contributed by atoms with Crippen molar-refractivity contribution in [2.45, 2.75) is 148 Å². The van der Waals surface area contributed by atoms with Crippen molar-refractivity contribution in [1.29, 1.82) is 0 Å².